The van der Waals surface area contributed by atoms with Crippen molar-refractivity contribution in [2.24, 2.45) is 0 Å². The third-order valence-corrected chi connectivity index (χ3v) is 3.29. The van der Waals surface area contributed by atoms with Crippen molar-refractivity contribution in [2.45, 2.75) is 11.3 Å². The summed E-state index contributed by atoms with van der Waals surface area (Å²) in [5.74, 6) is 0.817. The Morgan fingerprint density at radius 1 is 0.938 bits per heavy atom. The van der Waals surface area contributed by atoms with E-state index in [1.54, 1.807) is 23.9 Å². The summed E-state index contributed by atoms with van der Waals surface area (Å²) in [5.41, 5.74) is 1.33. The van der Waals surface area contributed by atoms with E-state index in [1.807, 2.05) is 24.3 Å². The zero-order valence-electron chi connectivity index (χ0n) is 8.90. The Morgan fingerprint density at radius 2 is 1.75 bits per heavy atom. The molecule has 0 unspecified atom stereocenters. The van der Waals surface area contributed by atoms with Crippen molar-refractivity contribution in [3.05, 3.63) is 66.0 Å². The predicted molar refractivity (Wildman–Crippen MR) is 67.3 cm³/mol. The van der Waals surface area contributed by atoms with E-state index in [9.17, 15) is 4.39 Å². The first kappa shape index (κ1) is 11.2. The van der Waals surface area contributed by atoms with Gasteiger partial charge in [-0.05, 0) is 30.2 Å². The molecule has 0 aromatic heterocycles. The van der Waals surface area contributed by atoms with Gasteiger partial charge in [-0.25, -0.2) is 4.39 Å². The summed E-state index contributed by atoms with van der Waals surface area (Å²) in [6.45, 7) is 0. The highest BCUT2D eigenvalue weighted by atomic mass is 32.2. The summed E-state index contributed by atoms with van der Waals surface area (Å²) >= 11 is 1.69. The van der Waals surface area contributed by atoms with E-state index >= 15 is 0 Å². The molecule has 0 N–H and O–H groups in total. The highest BCUT2D eigenvalue weighted by Gasteiger charge is 1.97. The van der Waals surface area contributed by atoms with Gasteiger partial charge >= 0.3 is 0 Å². The van der Waals surface area contributed by atoms with Crippen molar-refractivity contribution in [3.8, 4) is 0 Å². The van der Waals surface area contributed by atoms with Crippen molar-refractivity contribution in [2.75, 3.05) is 5.75 Å². The number of hydrogen-bond acceptors (Lipinski definition) is 1. The predicted octanol–water partition coefficient (Wildman–Crippen LogP) is 4.16. The first-order chi connectivity index (χ1) is 7.84. The van der Waals surface area contributed by atoms with Gasteiger partial charge in [-0.1, -0.05) is 36.4 Å². The molecule has 0 aliphatic carbocycles. The molecule has 0 spiro atoms. The molecule has 0 radical (unpaired) electrons. The molecule has 0 aliphatic heterocycles. The normalized spacial score (nSPS) is 10.3. The van der Waals surface area contributed by atoms with Gasteiger partial charge in [-0.15, -0.1) is 11.8 Å². The molecule has 0 amide bonds. The van der Waals surface area contributed by atoms with Crippen LogP contribution < -0.4 is 0 Å². The molecule has 82 valence electrons. The van der Waals surface area contributed by atoms with Crippen LogP contribution in [0.5, 0.6) is 0 Å². The lowest BCUT2D eigenvalue weighted by Crippen LogP contribution is -1.87. The van der Waals surface area contributed by atoms with E-state index in [4.69, 9.17) is 0 Å². The van der Waals surface area contributed by atoms with Crippen LogP contribution in [-0.2, 0) is 6.42 Å². The smallest absolute Gasteiger partial charge is 0.124 e. The first-order valence-electron chi connectivity index (χ1n) is 5.27. The number of rotatable bonds is 4. The number of halogens is 1. The number of aryl methyl sites for hydroxylation is 1. The summed E-state index contributed by atoms with van der Waals surface area (Å²) in [7, 11) is 0. The van der Waals surface area contributed by atoms with Crippen molar-refractivity contribution in [3.63, 3.8) is 0 Å². The minimum Gasteiger partial charge on any atom is -0.207 e. The van der Waals surface area contributed by atoms with Crippen molar-refractivity contribution < 1.29 is 4.39 Å². The molecule has 16 heavy (non-hydrogen) atoms. The van der Waals surface area contributed by atoms with E-state index in [-0.39, 0.29) is 5.82 Å². The molecule has 0 nitrogen and oxygen atoms in total. The Labute approximate surface area is 99.5 Å². The Balaban J connectivity index is 1.85. The van der Waals surface area contributed by atoms with Crippen LogP contribution in [0.4, 0.5) is 4.39 Å². The molecule has 0 heterocycles. The SMILES string of the molecule is Fc1cccc(SCCc2ccccc2)c1. The van der Waals surface area contributed by atoms with Gasteiger partial charge in [0.05, 0.1) is 0 Å². The van der Waals surface area contributed by atoms with Crippen LogP contribution in [-0.4, -0.2) is 5.75 Å². The van der Waals surface area contributed by atoms with Gasteiger partial charge in [0.2, 0.25) is 0 Å². The molecule has 0 aliphatic rings. The lowest BCUT2D eigenvalue weighted by molar-refractivity contribution is 0.624. The molecule has 2 aromatic rings. The second-order valence-corrected chi connectivity index (χ2v) is 4.71. The fourth-order valence-electron chi connectivity index (χ4n) is 1.49. The first-order valence-corrected chi connectivity index (χ1v) is 6.25. The highest BCUT2D eigenvalue weighted by Crippen LogP contribution is 2.19. The quantitative estimate of drug-likeness (QED) is 0.713. The van der Waals surface area contributed by atoms with Crippen LogP contribution in [0.2, 0.25) is 0 Å². The minimum absolute atomic E-state index is 0.162. The zero-order valence-corrected chi connectivity index (χ0v) is 9.71. The standard InChI is InChI=1S/C14H13FS/c15-13-7-4-8-14(11-13)16-10-9-12-5-2-1-3-6-12/h1-8,11H,9-10H2. The second kappa shape index (κ2) is 5.71. The fraction of sp³-hybridized carbons (Fsp3) is 0.143. The molecule has 0 saturated heterocycles. The summed E-state index contributed by atoms with van der Waals surface area (Å²) in [5, 5.41) is 0. The topological polar surface area (TPSA) is 0 Å². The van der Waals surface area contributed by atoms with Gasteiger partial charge < -0.3 is 0 Å². The molecule has 0 atom stereocenters. The Hall–Kier alpha value is -1.28. The molecular formula is C14H13FS. The molecular weight excluding hydrogens is 219 g/mol. The fourth-order valence-corrected chi connectivity index (χ4v) is 2.43. The molecule has 0 bridgehead atoms. The van der Waals surface area contributed by atoms with Crippen LogP contribution in [0, 0.1) is 5.82 Å². The summed E-state index contributed by atoms with van der Waals surface area (Å²) in [6, 6.07) is 17.1. The van der Waals surface area contributed by atoms with Gasteiger partial charge in [-0.3, -0.25) is 0 Å². The Morgan fingerprint density at radius 3 is 2.50 bits per heavy atom. The van der Waals surface area contributed by atoms with E-state index in [2.05, 4.69) is 12.1 Å². The maximum Gasteiger partial charge on any atom is 0.124 e. The number of thioether (sulfide) groups is 1. The van der Waals surface area contributed by atoms with Crippen LogP contribution in [0.15, 0.2) is 59.5 Å². The maximum atomic E-state index is 12.9. The maximum absolute atomic E-state index is 12.9. The third kappa shape index (κ3) is 3.38. The lowest BCUT2D eigenvalue weighted by Gasteiger charge is -2.02. The molecule has 2 heteroatoms. The monoisotopic (exact) mass is 232 g/mol. The zero-order chi connectivity index (χ0) is 11.2. The number of benzene rings is 2. The van der Waals surface area contributed by atoms with E-state index < -0.39 is 0 Å². The summed E-state index contributed by atoms with van der Waals surface area (Å²) < 4.78 is 12.9. The van der Waals surface area contributed by atoms with Gasteiger partial charge in [0.1, 0.15) is 5.82 Å². The lowest BCUT2D eigenvalue weighted by atomic mass is 10.2. The molecule has 0 saturated carbocycles. The summed E-state index contributed by atoms with van der Waals surface area (Å²) in [4.78, 5) is 0.996. The van der Waals surface area contributed by atoms with E-state index in [1.165, 1.54) is 11.6 Å². The second-order valence-electron chi connectivity index (χ2n) is 3.54. The van der Waals surface area contributed by atoms with Gasteiger partial charge in [0, 0.05) is 10.6 Å². The van der Waals surface area contributed by atoms with E-state index in [0.29, 0.717) is 0 Å². The average Bonchev–Trinajstić information content (AvgIpc) is 2.30. The Bertz CT molecular complexity index is 439. The van der Waals surface area contributed by atoms with Crippen LogP contribution in [0.1, 0.15) is 5.56 Å². The van der Waals surface area contributed by atoms with Crippen molar-refractivity contribution >= 4 is 11.8 Å². The largest absolute Gasteiger partial charge is 0.207 e. The molecule has 2 aromatic carbocycles. The molecule has 0 fully saturated rings. The Kier molecular flexibility index (Phi) is 4.00. The highest BCUT2D eigenvalue weighted by molar-refractivity contribution is 7.99. The van der Waals surface area contributed by atoms with Crippen LogP contribution in [0.3, 0.4) is 0 Å². The molecule has 2 rings (SSSR count). The van der Waals surface area contributed by atoms with Gasteiger partial charge in [-0.2, -0.15) is 0 Å². The van der Waals surface area contributed by atoms with E-state index in [0.717, 1.165) is 17.1 Å². The van der Waals surface area contributed by atoms with Crippen molar-refractivity contribution in [1.82, 2.24) is 0 Å². The average molecular weight is 232 g/mol. The summed E-state index contributed by atoms with van der Waals surface area (Å²) in [6.07, 6.45) is 1.02. The third-order valence-electron chi connectivity index (χ3n) is 2.30. The minimum atomic E-state index is -0.162. The number of hydrogen-bond donors (Lipinski definition) is 0. The van der Waals surface area contributed by atoms with Crippen LogP contribution >= 0.6 is 11.8 Å². The van der Waals surface area contributed by atoms with Gasteiger partial charge in [0.15, 0.2) is 0 Å². The van der Waals surface area contributed by atoms with Crippen molar-refractivity contribution in [1.29, 1.82) is 0 Å². The van der Waals surface area contributed by atoms with Crippen LogP contribution in [0.25, 0.3) is 0 Å². The van der Waals surface area contributed by atoms with Gasteiger partial charge in [0.25, 0.3) is 0 Å².